The zero-order chi connectivity index (χ0) is 16.2. The number of benzene rings is 1. The van der Waals surface area contributed by atoms with Crippen LogP contribution in [-0.4, -0.2) is 47.0 Å². The van der Waals surface area contributed by atoms with E-state index in [0.29, 0.717) is 13.1 Å². The first-order valence-electron chi connectivity index (χ1n) is 7.58. The Balaban J connectivity index is 1.80. The fourth-order valence-electron chi connectivity index (χ4n) is 2.85. The first kappa shape index (κ1) is 16.1. The molecular weight excluding hydrogens is 314 g/mol. The second kappa shape index (κ2) is 7.17. The van der Waals surface area contributed by atoms with E-state index in [0.717, 1.165) is 18.0 Å². The summed E-state index contributed by atoms with van der Waals surface area (Å²) < 4.78 is 6.66. The van der Waals surface area contributed by atoms with Crippen LogP contribution in [0.3, 0.4) is 0 Å². The standard InChI is InChI=1S/C17H20ClN3O2/c1-23-15-7-5-13(6-8-15)10-14-11-21(18)17(22)12-20(14)16-4-2-3-9-19-16/h2-9,14,17,22H,10-12H2,1H3. The molecule has 1 aromatic heterocycles. The molecule has 5 nitrogen and oxygen atoms in total. The lowest BCUT2D eigenvalue weighted by Gasteiger charge is -2.42. The third-order valence-corrected chi connectivity index (χ3v) is 4.45. The van der Waals surface area contributed by atoms with Gasteiger partial charge in [-0.05, 0) is 48.0 Å². The number of nitrogens with zero attached hydrogens (tertiary/aromatic N) is 3. The van der Waals surface area contributed by atoms with Gasteiger partial charge in [-0.15, -0.1) is 0 Å². The number of aromatic nitrogens is 1. The molecule has 2 unspecified atom stereocenters. The number of methoxy groups -OCH3 is 1. The summed E-state index contributed by atoms with van der Waals surface area (Å²) in [4.78, 5) is 6.53. The molecule has 0 spiro atoms. The van der Waals surface area contributed by atoms with Gasteiger partial charge in [-0.1, -0.05) is 18.2 Å². The number of halogens is 1. The molecule has 122 valence electrons. The lowest BCUT2D eigenvalue weighted by molar-refractivity contribution is 0.0449. The number of piperazine rings is 1. The first-order chi connectivity index (χ1) is 11.2. The number of rotatable bonds is 4. The van der Waals surface area contributed by atoms with Crippen molar-refractivity contribution in [3.63, 3.8) is 0 Å². The topological polar surface area (TPSA) is 48.8 Å². The highest BCUT2D eigenvalue weighted by molar-refractivity contribution is 6.13. The Bertz CT molecular complexity index is 623. The lowest BCUT2D eigenvalue weighted by Crippen LogP contribution is -2.56. The van der Waals surface area contributed by atoms with Crippen molar-refractivity contribution in [1.29, 1.82) is 0 Å². The summed E-state index contributed by atoms with van der Waals surface area (Å²) in [6.45, 7) is 0.993. The van der Waals surface area contributed by atoms with Gasteiger partial charge in [-0.2, -0.15) is 4.42 Å². The first-order valence-corrected chi connectivity index (χ1v) is 7.92. The van der Waals surface area contributed by atoms with Crippen LogP contribution in [0.25, 0.3) is 0 Å². The number of anilines is 1. The summed E-state index contributed by atoms with van der Waals surface area (Å²) in [5.74, 6) is 1.70. The molecule has 2 heterocycles. The third kappa shape index (κ3) is 3.75. The molecule has 0 saturated carbocycles. The minimum absolute atomic E-state index is 0.138. The Labute approximate surface area is 141 Å². The fourth-order valence-corrected chi connectivity index (χ4v) is 3.07. The molecule has 1 fully saturated rings. The number of hydrogen-bond acceptors (Lipinski definition) is 5. The number of ether oxygens (including phenoxy) is 1. The van der Waals surface area contributed by atoms with Crippen LogP contribution in [0.5, 0.6) is 5.75 Å². The van der Waals surface area contributed by atoms with Gasteiger partial charge in [0.15, 0.2) is 0 Å². The number of β-amino-alcohol motifs (C(OH)–C–C–N with tert-alkyl or cyclic N) is 1. The highest BCUT2D eigenvalue weighted by Gasteiger charge is 2.32. The molecule has 1 N–H and O–H groups in total. The fraction of sp³-hybridized carbons (Fsp3) is 0.353. The molecule has 1 aliphatic rings. The predicted molar refractivity (Wildman–Crippen MR) is 90.6 cm³/mol. The van der Waals surface area contributed by atoms with Crippen molar-refractivity contribution < 1.29 is 9.84 Å². The Morgan fingerprint density at radius 1 is 1.22 bits per heavy atom. The Kier molecular flexibility index (Phi) is 5.00. The summed E-state index contributed by atoms with van der Waals surface area (Å²) in [5.41, 5.74) is 1.19. The normalized spacial score (nSPS) is 22.1. The van der Waals surface area contributed by atoms with Crippen LogP contribution in [0.1, 0.15) is 5.56 Å². The highest BCUT2D eigenvalue weighted by atomic mass is 35.5. The van der Waals surface area contributed by atoms with Gasteiger partial charge < -0.3 is 14.7 Å². The van der Waals surface area contributed by atoms with Gasteiger partial charge in [0.1, 0.15) is 17.8 Å². The van der Waals surface area contributed by atoms with Crippen LogP contribution in [0, 0.1) is 0 Å². The summed E-state index contributed by atoms with van der Waals surface area (Å²) in [6.07, 6.45) is 1.88. The van der Waals surface area contributed by atoms with Gasteiger partial charge >= 0.3 is 0 Å². The molecule has 2 atom stereocenters. The summed E-state index contributed by atoms with van der Waals surface area (Å²) in [6, 6.07) is 13.9. The van der Waals surface area contributed by atoms with E-state index in [-0.39, 0.29) is 6.04 Å². The summed E-state index contributed by atoms with van der Waals surface area (Å²) >= 11 is 6.14. The van der Waals surface area contributed by atoms with E-state index in [4.69, 9.17) is 16.5 Å². The van der Waals surface area contributed by atoms with E-state index < -0.39 is 6.23 Å². The van der Waals surface area contributed by atoms with Crippen LogP contribution in [0.2, 0.25) is 0 Å². The number of aliphatic hydroxyl groups is 1. The van der Waals surface area contributed by atoms with Gasteiger partial charge in [-0.25, -0.2) is 4.98 Å². The van der Waals surface area contributed by atoms with Crippen molar-refractivity contribution in [3.8, 4) is 5.75 Å². The van der Waals surface area contributed by atoms with Crippen molar-refractivity contribution in [2.45, 2.75) is 18.7 Å². The van der Waals surface area contributed by atoms with E-state index in [1.807, 2.05) is 30.3 Å². The molecule has 23 heavy (non-hydrogen) atoms. The van der Waals surface area contributed by atoms with Gasteiger partial charge in [0.05, 0.1) is 13.7 Å². The summed E-state index contributed by atoms with van der Waals surface area (Å²) in [7, 11) is 1.66. The second-order valence-corrected chi connectivity index (χ2v) is 6.04. The molecule has 0 radical (unpaired) electrons. The van der Waals surface area contributed by atoms with E-state index in [1.54, 1.807) is 13.3 Å². The molecule has 2 aromatic rings. The molecular formula is C17H20ClN3O2. The van der Waals surface area contributed by atoms with E-state index in [1.165, 1.54) is 9.98 Å². The largest absolute Gasteiger partial charge is 0.497 e. The quantitative estimate of drug-likeness (QED) is 0.870. The molecule has 0 bridgehead atoms. The second-order valence-electron chi connectivity index (χ2n) is 5.61. The maximum Gasteiger partial charge on any atom is 0.138 e. The van der Waals surface area contributed by atoms with Crippen LogP contribution < -0.4 is 9.64 Å². The zero-order valence-electron chi connectivity index (χ0n) is 13.0. The van der Waals surface area contributed by atoms with Crippen molar-refractivity contribution in [1.82, 2.24) is 9.40 Å². The smallest absolute Gasteiger partial charge is 0.138 e. The molecule has 0 amide bonds. The number of pyridine rings is 1. The molecule has 1 saturated heterocycles. The Morgan fingerprint density at radius 3 is 2.65 bits per heavy atom. The molecule has 1 aliphatic heterocycles. The van der Waals surface area contributed by atoms with E-state index in [2.05, 4.69) is 22.0 Å². The van der Waals surface area contributed by atoms with Crippen molar-refractivity contribution in [2.24, 2.45) is 0 Å². The van der Waals surface area contributed by atoms with Gasteiger partial charge in [-0.3, -0.25) is 0 Å². The van der Waals surface area contributed by atoms with Gasteiger partial charge in [0.25, 0.3) is 0 Å². The molecule has 0 aliphatic carbocycles. The monoisotopic (exact) mass is 333 g/mol. The average Bonchev–Trinajstić information content (AvgIpc) is 2.59. The minimum atomic E-state index is -0.703. The van der Waals surface area contributed by atoms with Crippen molar-refractivity contribution >= 4 is 17.6 Å². The SMILES string of the molecule is COc1ccc(CC2CN(Cl)C(O)CN2c2ccccn2)cc1. The van der Waals surface area contributed by atoms with E-state index in [9.17, 15) is 5.11 Å². The summed E-state index contributed by atoms with van der Waals surface area (Å²) in [5, 5.41) is 10.1. The Hall–Kier alpha value is -1.82. The van der Waals surface area contributed by atoms with Gasteiger partial charge in [0.2, 0.25) is 0 Å². The van der Waals surface area contributed by atoms with E-state index >= 15 is 0 Å². The molecule has 1 aromatic carbocycles. The zero-order valence-corrected chi connectivity index (χ0v) is 13.7. The average molecular weight is 334 g/mol. The maximum absolute atomic E-state index is 10.1. The third-order valence-electron chi connectivity index (χ3n) is 4.08. The van der Waals surface area contributed by atoms with Gasteiger partial charge in [0, 0.05) is 18.8 Å². The molecule has 3 rings (SSSR count). The predicted octanol–water partition coefficient (Wildman–Crippen LogP) is 2.30. The van der Waals surface area contributed by atoms with Crippen LogP contribution >= 0.6 is 11.8 Å². The van der Waals surface area contributed by atoms with Crippen LogP contribution in [0.15, 0.2) is 48.7 Å². The van der Waals surface area contributed by atoms with Crippen LogP contribution in [-0.2, 0) is 6.42 Å². The van der Waals surface area contributed by atoms with Crippen LogP contribution in [0.4, 0.5) is 5.82 Å². The Morgan fingerprint density at radius 2 is 2.00 bits per heavy atom. The number of aliphatic hydroxyl groups excluding tert-OH is 1. The van der Waals surface area contributed by atoms with Crippen molar-refractivity contribution in [2.75, 3.05) is 25.1 Å². The van der Waals surface area contributed by atoms with Crippen molar-refractivity contribution in [3.05, 3.63) is 54.2 Å². The number of hydrogen-bond donors (Lipinski definition) is 1. The lowest BCUT2D eigenvalue weighted by atomic mass is 10.0. The minimum Gasteiger partial charge on any atom is -0.497 e. The molecule has 6 heteroatoms. The maximum atomic E-state index is 10.1. The highest BCUT2D eigenvalue weighted by Crippen LogP contribution is 2.24.